The average molecular weight is 418 g/mol. The third-order valence-electron chi connectivity index (χ3n) is 4.64. The molecule has 1 aromatic carbocycles. The van der Waals surface area contributed by atoms with Gasteiger partial charge in [-0.05, 0) is 18.2 Å². The quantitative estimate of drug-likeness (QED) is 0.658. The molecule has 3 heterocycles. The Bertz CT molecular complexity index is 1050. The van der Waals surface area contributed by atoms with E-state index < -0.39 is 0 Å². The second-order valence-electron chi connectivity index (χ2n) is 6.36. The van der Waals surface area contributed by atoms with E-state index in [1.165, 1.54) is 7.11 Å². The van der Waals surface area contributed by atoms with Crippen molar-refractivity contribution in [2.45, 2.75) is 0 Å². The number of morpholine rings is 1. The zero-order valence-electron chi connectivity index (χ0n) is 16.0. The van der Waals surface area contributed by atoms with Crippen LogP contribution in [0.1, 0.15) is 10.4 Å². The van der Waals surface area contributed by atoms with E-state index in [-0.39, 0.29) is 5.91 Å². The van der Waals surface area contributed by atoms with Crippen molar-refractivity contribution in [2.75, 3.05) is 45.8 Å². The van der Waals surface area contributed by atoms with Crippen molar-refractivity contribution < 1.29 is 19.0 Å². The fourth-order valence-corrected chi connectivity index (χ4v) is 3.39. The van der Waals surface area contributed by atoms with Gasteiger partial charge in [0.25, 0.3) is 5.91 Å². The highest BCUT2D eigenvalue weighted by Gasteiger charge is 2.20. The van der Waals surface area contributed by atoms with E-state index in [1.54, 1.807) is 36.4 Å². The summed E-state index contributed by atoms with van der Waals surface area (Å²) in [6, 6.07) is 5.19. The Morgan fingerprint density at radius 3 is 2.76 bits per heavy atom. The molecular weight excluding hydrogens is 398 g/mol. The summed E-state index contributed by atoms with van der Waals surface area (Å²) in [5.74, 6) is 1.09. The number of carbonyl (C=O) groups excluding carboxylic acids is 1. The maximum atomic E-state index is 12.7. The Morgan fingerprint density at radius 1 is 1.24 bits per heavy atom. The maximum Gasteiger partial charge on any atom is 0.254 e. The summed E-state index contributed by atoms with van der Waals surface area (Å²) in [6.07, 6.45) is 1.62. The first-order chi connectivity index (χ1) is 14.1. The number of hydrogen-bond donors (Lipinski definition) is 2. The normalized spacial score (nSPS) is 14.1. The number of hydrogen-bond acceptors (Lipinski definition) is 7. The Morgan fingerprint density at radius 2 is 2.03 bits per heavy atom. The molecule has 10 heteroatoms. The molecule has 0 atom stereocenters. The van der Waals surface area contributed by atoms with Gasteiger partial charge >= 0.3 is 0 Å². The number of carbonyl (C=O) groups is 1. The minimum Gasteiger partial charge on any atom is -0.495 e. The number of halogens is 1. The van der Waals surface area contributed by atoms with Crippen LogP contribution >= 0.6 is 11.6 Å². The first-order valence-electron chi connectivity index (χ1n) is 9.01. The second kappa shape index (κ2) is 8.14. The van der Waals surface area contributed by atoms with E-state index in [4.69, 9.17) is 25.8 Å². The summed E-state index contributed by atoms with van der Waals surface area (Å²) in [7, 11) is 3.06. The summed E-state index contributed by atoms with van der Waals surface area (Å²) in [6.45, 7) is 2.25. The fraction of sp³-hybridized carbons (Fsp3) is 0.316. The molecule has 1 aliphatic heterocycles. The van der Waals surface area contributed by atoms with E-state index in [9.17, 15) is 4.79 Å². The van der Waals surface area contributed by atoms with Crippen LogP contribution in [0.3, 0.4) is 0 Å². The number of H-pyrrole nitrogens is 1. The summed E-state index contributed by atoms with van der Waals surface area (Å²) in [4.78, 5) is 26.2. The zero-order valence-corrected chi connectivity index (χ0v) is 16.7. The summed E-state index contributed by atoms with van der Waals surface area (Å²) in [5, 5.41) is 4.20. The van der Waals surface area contributed by atoms with Gasteiger partial charge in [0.2, 0.25) is 11.8 Å². The molecule has 0 unspecified atom stereocenters. The second-order valence-corrected chi connectivity index (χ2v) is 6.77. The molecule has 0 spiro atoms. The Kier molecular flexibility index (Phi) is 5.41. The minimum absolute atomic E-state index is 0.0569. The lowest BCUT2D eigenvalue weighted by Crippen LogP contribution is -2.40. The van der Waals surface area contributed by atoms with Crippen molar-refractivity contribution in [3.05, 3.63) is 35.0 Å². The van der Waals surface area contributed by atoms with Gasteiger partial charge in [-0.25, -0.2) is 0 Å². The van der Waals surface area contributed by atoms with Crippen LogP contribution in [0.5, 0.6) is 11.6 Å². The van der Waals surface area contributed by atoms with Crippen molar-refractivity contribution in [1.29, 1.82) is 0 Å². The number of nitrogens with zero attached hydrogens (tertiary/aromatic N) is 3. The number of aromatic amines is 1. The predicted octanol–water partition coefficient (Wildman–Crippen LogP) is 2.84. The monoisotopic (exact) mass is 417 g/mol. The number of ether oxygens (including phenoxy) is 3. The number of rotatable bonds is 5. The lowest BCUT2D eigenvalue weighted by molar-refractivity contribution is 0.0302. The highest BCUT2D eigenvalue weighted by molar-refractivity contribution is 6.35. The lowest BCUT2D eigenvalue weighted by Gasteiger charge is -2.27. The number of amides is 1. The lowest BCUT2D eigenvalue weighted by atomic mass is 10.1. The standard InChI is InChI=1S/C19H20ClN5O4/c1-27-14-9-11(18(26)25-5-7-29-8-6-25)3-4-13(14)22-19-23-16-15(12(20)10-21-16)17(24-19)28-2/h3-4,9-10H,5-8H2,1-2H3,(H2,21,22,23,24). The molecule has 0 aliphatic carbocycles. The SMILES string of the molecule is COc1cc(C(=O)N2CCOCC2)ccc1Nc1nc(OC)c2c(Cl)c[nH]c2n1. The Labute approximate surface area is 171 Å². The van der Waals surface area contributed by atoms with Crippen molar-refractivity contribution in [3.63, 3.8) is 0 Å². The summed E-state index contributed by atoms with van der Waals surface area (Å²) < 4.78 is 16.1. The molecule has 2 N–H and O–H groups in total. The van der Waals surface area contributed by atoms with Gasteiger partial charge in [-0.2, -0.15) is 9.97 Å². The highest BCUT2D eigenvalue weighted by atomic mass is 35.5. The average Bonchev–Trinajstić information content (AvgIpc) is 3.14. The van der Waals surface area contributed by atoms with E-state index in [0.29, 0.717) is 71.2 Å². The van der Waals surface area contributed by atoms with Gasteiger partial charge in [0.05, 0.1) is 43.5 Å². The van der Waals surface area contributed by atoms with Crippen LogP contribution in [0.25, 0.3) is 11.0 Å². The first kappa shape index (κ1) is 19.3. The Balaban J connectivity index is 1.62. The first-order valence-corrected chi connectivity index (χ1v) is 9.39. The molecule has 1 fully saturated rings. The van der Waals surface area contributed by atoms with Crippen molar-refractivity contribution >= 4 is 40.2 Å². The van der Waals surface area contributed by atoms with Crippen molar-refractivity contribution in [1.82, 2.24) is 19.9 Å². The topological polar surface area (TPSA) is 102 Å². The molecule has 2 aromatic heterocycles. The van der Waals surface area contributed by atoms with Gasteiger partial charge in [0, 0.05) is 24.8 Å². The van der Waals surface area contributed by atoms with Crippen LogP contribution in [0.2, 0.25) is 5.02 Å². The molecule has 1 saturated heterocycles. The number of fused-ring (bicyclic) bond motifs is 1. The molecule has 0 saturated carbocycles. The minimum atomic E-state index is -0.0569. The summed E-state index contributed by atoms with van der Waals surface area (Å²) >= 11 is 6.15. The largest absolute Gasteiger partial charge is 0.495 e. The Hall–Kier alpha value is -3.04. The fourth-order valence-electron chi connectivity index (χ4n) is 3.16. The maximum absolute atomic E-state index is 12.7. The van der Waals surface area contributed by atoms with Gasteiger partial charge in [-0.15, -0.1) is 0 Å². The van der Waals surface area contributed by atoms with Crippen molar-refractivity contribution in [3.8, 4) is 11.6 Å². The van der Waals surface area contributed by atoms with Crippen LogP contribution in [-0.4, -0.2) is 66.3 Å². The van der Waals surface area contributed by atoms with Gasteiger partial charge in [0.1, 0.15) is 11.4 Å². The van der Waals surface area contributed by atoms with Gasteiger partial charge in [-0.3, -0.25) is 4.79 Å². The van der Waals surface area contributed by atoms with Gasteiger partial charge < -0.3 is 29.4 Å². The molecular formula is C19H20ClN5O4. The molecule has 9 nitrogen and oxygen atoms in total. The third kappa shape index (κ3) is 3.79. The van der Waals surface area contributed by atoms with E-state index >= 15 is 0 Å². The van der Waals surface area contributed by atoms with Gasteiger partial charge in [0.15, 0.2) is 0 Å². The predicted molar refractivity (Wildman–Crippen MR) is 108 cm³/mol. The van der Waals surface area contributed by atoms with E-state index in [1.807, 2.05) is 0 Å². The number of aromatic nitrogens is 3. The van der Waals surface area contributed by atoms with Gasteiger partial charge in [-0.1, -0.05) is 11.6 Å². The van der Waals surface area contributed by atoms with Crippen molar-refractivity contribution in [2.24, 2.45) is 0 Å². The molecule has 3 aromatic rings. The molecule has 29 heavy (non-hydrogen) atoms. The smallest absolute Gasteiger partial charge is 0.254 e. The van der Waals surface area contributed by atoms with Crippen LogP contribution in [0.15, 0.2) is 24.4 Å². The zero-order chi connectivity index (χ0) is 20.4. The molecule has 0 bridgehead atoms. The molecule has 4 rings (SSSR count). The highest BCUT2D eigenvalue weighted by Crippen LogP contribution is 2.33. The molecule has 0 radical (unpaired) electrons. The summed E-state index contributed by atoms with van der Waals surface area (Å²) in [5.41, 5.74) is 1.70. The van der Waals surface area contributed by atoms with E-state index in [2.05, 4.69) is 20.3 Å². The molecule has 152 valence electrons. The number of benzene rings is 1. The van der Waals surface area contributed by atoms with Crippen LogP contribution in [0, 0.1) is 0 Å². The number of anilines is 2. The van der Waals surface area contributed by atoms with E-state index in [0.717, 1.165) is 0 Å². The van der Waals surface area contributed by atoms with Crippen LogP contribution in [-0.2, 0) is 4.74 Å². The molecule has 1 amide bonds. The third-order valence-corrected chi connectivity index (χ3v) is 4.93. The number of nitrogens with one attached hydrogen (secondary N) is 2. The van der Waals surface area contributed by atoms with Crippen LogP contribution < -0.4 is 14.8 Å². The molecule has 1 aliphatic rings. The number of methoxy groups -OCH3 is 2. The van der Waals surface area contributed by atoms with Crippen LogP contribution in [0.4, 0.5) is 11.6 Å².